The Hall–Kier alpha value is -2.43. The number of amides is 1. The summed E-state index contributed by atoms with van der Waals surface area (Å²) >= 11 is 0. The zero-order valence-electron chi connectivity index (χ0n) is 14.0. The first kappa shape index (κ1) is 16.4. The Labute approximate surface area is 141 Å². The summed E-state index contributed by atoms with van der Waals surface area (Å²) in [6.07, 6.45) is 4.62. The van der Waals surface area contributed by atoms with Crippen molar-refractivity contribution in [1.29, 1.82) is 0 Å². The van der Waals surface area contributed by atoms with Crippen LogP contribution in [-0.2, 0) is 11.2 Å². The van der Waals surface area contributed by atoms with Crippen LogP contribution in [0.25, 0.3) is 0 Å². The lowest BCUT2D eigenvalue weighted by Gasteiger charge is -2.33. The Balaban J connectivity index is 1.57. The summed E-state index contributed by atoms with van der Waals surface area (Å²) in [7, 11) is 0. The Bertz CT molecular complexity index is 734. The Kier molecular flexibility index (Phi) is 5.08. The minimum Gasteiger partial charge on any atom is -0.341 e. The monoisotopic (exact) mass is 325 g/mol. The van der Waals surface area contributed by atoms with Crippen molar-refractivity contribution in [3.05, 3.63) is 64.6 Å². The van der Waals surface area contributed by atoms with E-state index in [4.69, 9.17) is 0 Å². The number of hydrogen-bond donors (Lipinski definition) is 0. The van der Waals surface area contributed by atoms with Crippen LogP contribution in [0.2, 0.25) is 0 Å². The number of carbonyl (C=O) groups is 1. The van der Waals surface area contributed by atoms with Crippen molar-refractivity contribution in [3.63, 3.8) is 0 Å². The standard InChI is InChI=1S/C19H23N3O2/c1-15(22-18(23)8-5-11-20-22)19(24)21-12-9-17(10-13-21)14-16-6-3-2-4-7-16/h2-8,11,15,17H,9-10,12-14H2,1H3. The molecule has 1 aromatic heterocycles. The van der Waals surface area contributed by atoms with E-state index in [1.165, 1.54) is 22.5 Å². The quantitative estimate of drug-likeness (QED) is 0.866. The molecule has 0 bridgehead atoms. The fraction of sp³-hybridized carbons (Fsp3) is 0.421. The summed E-state index contributed by atoms with van der Waals surface area (Å²) < 4.78 is 1.26. The SMILES string of the molecule is CC(C(=O)N1CCC(Cc2ccccc2)CC1)n1ncccc1=O. The third-order valence-corrected chi connectivity index (χ3v) is 4.76. The Morgan fingerprint density at radius 2 is 1.88 bits per heavy atom. The molecule has 1 amide bonds. The molecule has 126 valence electrons. The van der Waals surface area contributed by atoms with Gasteiger partial charge in [-0.25, -0.2) is 4.68 Å². The molecule has 0 aliphatic carbocycles. The third-order valence-electron chi connectivity index (χ3n) is 4.76. The molecule has 5 nitrogen and oxygen atoms in total. The number of piperidine rings is 1. The zero-order valence-corrected chi connectivity index (χ0v) is 14.0. The van der Waals surface area contributed by atoms with Gasteiger partial charge in [0.05, 0.1) is 0 Å². The molecule has 0 saturated carbocycles. The lowest BCUT2D eigenvalue weighted by Crippen LogP contribution is -2.44. The molecular formula is C19H23N3O2. The van der Waals surface area contributed by atoms with Crippen molar-refractivity contribution in [2.75, 3.05) is 13.1 Å². The highest BCUT2D eigenvalue weighted by atomic mass is 16.2. The van der Waals surface area contributed by atoms with Gasteiger partial charge in [-0.15, -0.1) is 0 Å². The number of carbonyl (C=O) groups excluding carboxylic acids is 1. The number of hydrogen-bond acceptors (Lipinski definition) is 3. The maximum atomic E-state index is 12.6. The van der Waals surface area contributed by atoms with Gasteiger partial charge in [0.1, 0.15) is 6.04 Å². The van der Waals surface area contributed by atoms with Gasteiger partial charge in [0, 0.05) is 25.4 Å². The Morgan fingerprint density at radius 1 is 1.17 bits per heavy atom. The van der Waals surface area contributed by atoms with E-state index in [9.17, 15) is 9.59 Å². The van der Waals surface area contributed by atoms with E-state index >= 15 is 0 Å². The van der Waals surface area contributed by atoms with Crippen LogP contribution in [0.1, 0.15) is 31.4 Å². The first-order chi connectivity index (χ1) is 11.6. The van der Waals surface area contributed by atoms with Crippen LogP contribution in [0.15, 0.2) is 53.5 Å². The van der Waals surface area contributed by atoms with Crippen molar-refractivity contribution in [3.8, 4) is 0 Å². The molecule has 1 saturated heterocycles. The van der Waals surface area contributed by atoms with E-state index in [1.807, 2.05) is 11.0 Å². The first-order valence-electron chi connectivity index (χ1n) is 8.51. The fourth-order valence-electron chi connectivity index (χ4n) is 3.33. The molecule has 1 fully saturated rings. The molecule has 0 spiro atoms. The number of nitrogens with zero attached hydrogens (tertiary/aromatic N) is 3. The fourth-order valence-corrected chi connectivity index (χ4v) is 3.33. The average Bonchev–Trinajstić information content (AvgIpc) is 2.62. The zero-order chi connectivity index (χ0) is 16.9. The molecule has 0 radical (unpaired) electrons. The second kappa shape index (κ2) is 7.43. The highest BCUT2D eigenvalue weighted by molar-refractivity contribution is 5.80. The summed E-state index contributed by atoms with van der Waals surface area (Å²) in [5, 5.41) is 4.02. The molecule has 1 aliphatic rings. The van der Waals surface area contributed by atoms with Gasteiger partial charge < -0.3 is 4.90 Å². The van der Waals surface area contributed by atoms with E-state index in [1.54, 1.807) is 13.0 Å². The van der Waals surface area contributed by atoms with E-state index in [0.717, 1.165) is 32.4 Å². The second-order valence-electron chi connectivity index (χ2n) is 6.44. The van der Waals surface area contributed by atoms with E-state index in [2.05, 4.69) is 29.4 Å². The van der Waals surface area contributed by atoms with E-state index < -0.39 is 6.04 Å². The molecule has 1 aliphatic heterocycles. The minimum absolute atomic E-state index is 0.0195. The lowest BCUT2D eigenvalue weighted by atomic mass is 9.90. The topological polar surface area (TPSA) is 55.2 Å². The summed E-state index contributed by atoms with van der Waals surface area (Å²) in [5.41, 5.74) is 1.12. The molecule has 0 N–H and O–H groups in total. The minimum atomic E-state index is -0.552. The molecule has 24 heavy (non-hydrogen) atoms. The van der Waals surface area contributed by atoms with E-state index in [0.29, 0.717) is 5.92 Å². The van der Waals surface area contributed by atoms with Gasteiger partial charge in [-0.05, 0) is 43.7 Å². The van der Waals surface area contributed by atoms with Gasteiger partial charge in [-0.2, -0.15) is 5.10 Å². The number of benzene rings is 1. The molecule has 1 aromatic carbocycles. The molecule has 2 heterocycles. The van der Waals surface area contributed by atoms with Crippen LogP contribution < -0.4 is 5.56 Å². The van der Waals surface area contributed by atoms with Crippen molar-refractivity contribution in [1.82, 2.24) is 14.7 Å². The maximum absolute atomic E-state index is 12.6. The van der Waals surface area contributed by atoms with Crippen LogP contribution in [0.3, 0.4) is 0 Å². The van der Waals surface area contributed by atoms with Gasteiger partial charge in [0.25, 0.3) is 5.56 Å². The second-order valence-corrected chi connectivity index (χ2v) is 6.44. The molecule has 5 heteroatoms. The van der Waals surface area contributed by atoms with Crippen molar-refractivity contribution in [2.45, 2.75) is 32.2 Å². The van der Waals surface area contributed by atoms with Crippen LogP contribution in [0.4, 0.5) is 0 Å². The molecule has 1 atom stereocenters. The highest BCUT2D eigenvalue weighted by Gasteiger charge is 2.27. The molecular weight excluding hydrogens is 302 g/mol. The van der Waals surface area contributed by atoms with Crippen LogP contribution >= 0.6 is 0 Å². The number of rotatable bonds is 4. The lowest BCUT2D eigenvalue weighted by molar-refractivity contribution is -0.136. The number of aromatic nitrogens is 2. The van der Waals surface area contributed by atoms with Gasteiger partial charge in [-0.3, -0.25) is 9.59 Å². The van der Waals surface area contributed by atoms with E-state index in [-0.39, 0.29) is 11.5 Å². The summed E-state index contributed by atoms with van der Waals surface area (Å²) in [6, 6.07) is 13.0. The summed E-state index contributed by atoms with van der Waals surface area (Å²) in [4.78, 5) is 26.3. The number of likely N-dealkylation sites (tertiary alicyclic amines) is 1. The first-order valence-corrected chi connectivity index (χ1v) is 8.51. The van der Waals surface area contributed by atoms with Crippen molar-refractivity contribution >= 4 is 5.91 Å². The van der Waals surface area contributed by atoms with Gasteiger partial charge in [0.2, 0.25) is 5.91 Å². The normalized spacial score (nSPS) is 16.8. The Morgan fingerprint density at radius 3 is 2.54 bits per heavy atom. The predicted molar refractivity (Wildman–Crippen MR) is 92.7 cm³/mol. The third kappa shape index (κ3) is 3.72. The summed E-state index contributed by atoms with van der Waals surface area (Å²) in [6.45, 7) is 3.25. The largest absolute Gasteiger partial charge is 0.341 e. The van der Waals surface area contributed by atoms with Crippen molar-refractivity contribution in [2.24, 2.45) is 5.92 Å². The van der Waals surface area contributed by atoms with Gasteiger partial charge in [0.15, 0.2) is 0 Å². The molecule has 3 rings (SSSR count). The van der Waals surface area contributed by atoms with Gasteiger partial charge in [-0.1, -0.05) is 30.3 Å². The smallest absolute Gasteiger partial charge is 0.267 e. The van der Waals surface area contributed by atoms with Crippen LogP contribution in [0.5, 0.6) is 0 Å². The van der Waals surface area contributed by atoms with Crippen LogP contribution in [0, 0.1) is 5.92 Å². The maximum Gasteiger partial charge on any atom is 0.267 e. The van der Waals surface area contributed by atoms with Gasteiger partial charge >= 0.3 is 0 Å². The average molecular weight is 325 g/mol. The molecule has 2 aromatic rings. The molecule has 1 unspecified atom stereocenters. The van der Waals surface area contributed by atoms with Crippen LogP contribution in [-0.4, -0.2) is 33.7 Å². The predicted octanol–water partition coefficient (Wildman–Crippen LogP) is 2.29. The van der Waals surface area contributed by atoms with Crippen molar-refractivity contribution < 1.29 is 4.79 Å². The highest BCUT2D eigenvalue weighted by Crippen LogP contribution is 2.23. The summed E-state index contributed by atoms with van der Waals surface area (Å²) in [5.74, 6) is 0.596.